The van der Waals surface area contributed by atoms with Crippen molar-refractivity contribution in [3.05, 3.63) is 108 Å². The maximum absolute atomic E-state index is 12.5. The number of ether oxygens (including phenoxy) is 3. The van der Waals surface area contributed by atoms with E-state index in [1.807, 2.05) is 60.7 Å². The summed E-state index contributed by atoms with van der Waals surface area (Å²) in [5.74, 6) is 0.391. The van der Waals surface area contributed by atoms with Crippen molar-refractivity contribution >= 4 is 24.0 Å². The summed E-state index contributed by atoms with van der Waals surface area (Å²) in [5, 5.41) is 2.80. The second-order valence-corrected chi connectivity index (χ2v) is 7.27. The lowest BCUT2D eigenvalue weighted by atomic mass is 10.1. The summed E-state index contributed by atoms with van der Waals surface area (Å²) in [5.41, 5.74) is 2.49. The van der Waals surface area contributed by atoms with E-state index in [4.69, 9.17) is 14.2 Å². The molecule has 166 valence electrons. The molecule has 1 N–H and O–H groups in total. The summed E-state index contributed by atoms with van der Waals surface area (Å²) in [6, 6.07) is 24.3. The number of benzene rings is 3. The SMILES string of the molecule is O=C(/C=C/c1ccccc1)NC[C@H](OC(=O)/C=C/c1ccccc1)c1ccc2c(c1)OCO2. The molecule has 4 rings (SSSR count). The van der Waals surface area contributed by atoms with Gasteiger partial charge in [0.25, 0.3) is 0 Å². The van der Waals surface area contributed by atoms with Crippen LogP contribution in [0.15, 0.2) is 91.0 Å². The predicted molar refractivity (Wildman–Crippen MR) is 125 cm³/mol. The topological polar surface area (TPSA) is 73.9 Å². The summed E-state index contributed by atoms with van der Waals surface area (Å²) in [4.78, 5) is 24.8. The van der Waals surface area contributed by atoms with Crippen LogP contribution in [-0.4, -0.2) is 25.2 Å². The highest BCUT2D eigenvalue weighted by Crippen LogP contribution is 2.35. The molecule has 1 aliphatic heterocycles. The van der Waals surface area contributed by atoms with Crippen molar-refractivity contribution in [2.24, 2.45) is 0 Å². The molecule has 0 aromatic heterocycles. The Morgan fingerprint density at radius 2 is 1.48 bits per heavy atom. The molecule has 0 unspecified atom stereocenters. The largest absolute Gasteiger partial charge is 0.454 e. The maximum Gasteiger partial charge on any atom is 0.331 e. The first-order valence-electron chi connectivity index (χ1n) is 10.5. The lowest BCUT2D eigenvalue weighted by Crippen LogP contribution is -2.29. The fourth-order valence-electron chi connectivity index (χ4n) is 3.24. The first-order chi connectivity index (χ1) is 16.2. The number of fused-ring (bicyclic) bond motifs is 1. The Hall–Kier alpha value is -4.32. The molecule has 1 aliphatic rings. The van der Waals surface area contributed by atoms with E-state index in [0.29, 0.717) is 17.1 Å². The fraction of sp³-hybridized carbons (Fsp3) is 0.111. The highest BCUT2D eigenvalue weighted by Gasteiger charge is 2.21. The average Bonchev–Trinajstić information content (AvgIpc) is 3.33. The molecule has 6 heteroatoms. The smallest absolute Gasteiger partial charge is 0.331 e. The van der Waals surface area contributed by atoms with Crippen LogP contribution in [-0.2, 0) is 14.3 Å². The summed E-state index contributed by atoms with van der Waals surface area (Å²) in [7, 11) is 0. The standard InChI is InChI=1S/C27H23NO5/c29-26(15-11-20-7-3-1-4-8-20)28-18-25(22-13-14-23-24(17-22)32-19-31-23)33-27(30)16-12-21-9-5-2-6-10-21/h1-17,25H,18-19H2,(H,28,29)/b15-11+,16-12+/t25-/m0/s1. The normalized spacial score (nSPS) is 13.2. The van der Waals surface area contributed by atoms with Gasteiger partial charge in [-0.2, -0.15) is 0 Å². The van der Waals surface area contributed by atoms with Crippen molar-refractivity contribution in [3.63, 3.8) is 0 Å². The van der Waals surface area contributed by atoms with Crippen LogP contribution in [0.5, 0.6) is 11.5 Å². The first kappa shape index (κ1) is 21.9. The van der Waals surface area contributed by atoms with E-state index >= 15 is 0 Å². The number of rotatable bonds is 8. The van der Waals surface area contributed by atoms with Crippen LogP contribution in [0.3, 0.4) is 0 Å². The number of amides is 1. The van der Waals surface area contributed by atoms with Crippen molar-refractivity contribution in [1.29, 1.82) is 0 Å². The highest BCUT2D eigenvalue weighted by molar-refractivity contribution is 5.91. The third-order valence-corrected chi connectivity index (χ3v) is 4.93. The molecular weight excluding hydrogens is 418 g/mol. The minimum absolute atomic E-state index is 0.0997. The Labute approximate surface area is 192 Å². The van der Waals surface area contributed by atoms with Gasteiger partial charge in [-0.05, 0) is 41.0 Å². The summed E-state index contributed by atoms with van der Waals surface area (Å²) in [6.07, 6.45) is 5.51. The Balaban J connectivity index is 1.44. The first-order valence-corrected chi connectivity index (χ1v) is 10.5. The van der Waals surface area contributed by atoms with Crippen LogP contribution < -0.4 is 14.8 Å². The molecule has 0 bridgehead atoms. The monoisotopic (exact) mass is 441 g/mol. The average molecular weight is 441 g/mol. The van der Waals surface area contributed by atoms with Gasteiger partial charge in [0.05, 0.1) is 6.54 Å². The summed E-state index contributed by atoms with van der Waals surface area (Å²) in [6.45, 7) is 0.243. The molecule has 0 fully saturated rings. The molecule has 3 aromatic rings. The number of carbonyl (C=O) groups excluding carboxylic acids is 2. The molecule has 1 atom stereocenters. The molecule has 0 saturated heterocycles. The third kappa shape index (κ3) is 6.33. The zero-order valence-electron chi connectivity index (χ0n) is 17.8. The van der Waals surface area contributed by atoms with Gasteiger partial charge in [-0.3, -0.25) is 4.79 Å². The maximum atomic E-state index is 12.5. The molecule has 0 radical (unpaired) electrons. The number of hydrogen-bond donors (Lipinski definition) is 1. The minimum atomic E-state index is -0.707. The molecule has 0 aliphatic carbocycles. The van der Waals surface area contributed by atoms with Crippen molar-refractivity contribution < 1.29 is 23.8 Å². The number of hydrogen-bond acceptors (Lipinski definition) is 5. The van der Waals surface area contributed by atoms with Crippen molar-refractivity contribution in [1.82, 2.24) is 5.32 Å². The van der Waals surface area contributed by atoms with E-state index in [-0.39, 0.29) is 19.2 Å². The Morgan fingerprint density at radius 1 is 0.848 bits per heavy atom. The van der Waals surface area contributed by atoms with Gasteiger partial charge in [0.2, 0.25) is 12.7 Å². The van der Waals surface area contributed by atoms with Crippen molar-refractivity contribution in [3.8, 4) is 11.5 Å². The third-order valence-electron chi connectivity index (χ3n) is 4.93. The second-order valence-electron chi connectivity index (χ2n) is 7.27. The molecule has 33 heavy (non-hydrogen) atoms. The molecule has 0 spiro atoms. The van der Waals surface area contributed by atoms with E-state index in [1.54, 1.807) is 30.4 Å². The van der Waals surface area contributed by atoms with Gasteiger partial charge < -0.3 is 19.5 Å². The molecule has 1 amide bonds. The molecule has 6 nitrogen and oxygen atoms in total. The van der Waals surface area contributed by atoms with Crippen LogP contribution in [0.2, 0.25) is 0 Å². The van der Waals surface area contributed by atoms with Crippen molar-refractivity contribution in [2.45, 2.75) is 6.10 Å². The summed E-state index contributed by atoms with van der Waals surface area (Å²) < 4.78 is 16.5. The number of nitrogens with one attached hydrogen (secondary N) is 1. The van der Waals surface area contributed by atoms with Gasteiger partial charge in [0, 0.05) is 12.2 Å². The van der Waals surface area contributed by atoms with E-state index in [0.717, 1.165) is 11.1 Å². The fourth-order valence-corrected chi connectivity index (χ4v) is 3.24. The van der Waals surface area contributed by atoms with Crippen LogP contribution >= 0.6 is 0 Å². The Morgan fingerprint density at radius 3 is 2.18 bits per heavy atom. The molecule has 3 aromatic carbocycles. The van der Waals surface area contributed by atoms with Gasteiger partial charge >= 0.3 is 5.97 Å². The Bertz CT molecular complexity index is 1160. The van der Waals surface area contributed by atoms with E-state index in [9.17, 15) is 9.59 Å². The van der Waals surface area contributed by atoms with E-state index in [2.05, 4.69) is 5.32 Å². The zero-order valence-corrected chi connectivity index (χ0v) is 17.8. The quantitative estimate of drug-likeness (QED) is 0.410. The van der Waals surface area contributed by atoms with E-state index < -0.39 is 12.1 Å². The number of carbonyl (C=O) groups is 2. The van der Waals surface area contributed by atoms with Crippen LogP contribution in [0.25, 0.3) is 12.2 Å². The predicted octanol–water partition coefficient (Wildman–Crippen LogP) is 4.54. The highest BCUT2D eigenvalue weighted by atomic mass is 16.7. The molecular formula is C27H23NO5. The van der Waals surface area contributed by atoms with Gasteiger partial charge in [0.1, 0.15) is 6.10 Å². The van der Waals surface area contributed by atoms with Gasteiger partial charge in [-0.25, -0.2) is 4.79 Å². The molecule has 1 heterocycles. The summed E-state index contributed by atoms with van der Waals surface area (Å²) >= 11 is 0. The van der Waals surface area contributed by atoms with Crippen LogP contribution in [0, 0.1) is 0 Å². The number of esters is 1. The van der Waals surface area contributed by atoms with Gasteiger partial charge in [0.15, 0.2) is 11.5 Å². The lowest BCUT2D eigenvalue weighted by molar-refractivity contribution is -0.143. The van der Waals surface area contributed by atoms with Gasteiger partial charge in [-0.15, -0.1) is 0 Å². The van der Waals surface area contributed by atoms with Gasteiger partial charge in [-0.1, -0.05) is 66.7 Å². The van der Waals surface area contributed by atoms with Crippen LogP contribution in [0.1, 0.15) is 22.8 Å². The van der Waals surface area contributed by atoms with Crippen molar-refractivity contribution in [2.75, 3.05) is 13.3 Å². The second kappa shape index (κ2) is 10.8. The zero-order chi connectivity index (χ0) is 22.9. The van der Waals surface area contributed by atoms with E-state index in [1.165, 1.54) is 12.2 Å². The molecule has 0 saturated carbocycles. The minimum Gasteiger partial charge on any atom is -0.454 e. The Kier molecular flexibility index (Phi) is 7.18. The lowest BCUT2D eigenvalue weighted by Gasteiger charge is -2.18. The van der Waals surface area contributed by atoms with Crippen LogP contribution in [0.4, 0.5) is 0 Å².